The number of aromatic nitrogens is 1. The minimum absolute atomic E-state index is 0.0290. The Kier molecular flexibility index (Phi) is 6.60. The van der Waals surface area contributed by atoms with Gasteiger partial charge in [0.1, 0.15) is 0 Å². The van der Waals surface area contributed by atoms with E-state index in [2.05, 4.69) is 10.3 Å². The fraction of sp³-hybridized carbons (Fsp3) is 0.261. The lowest BCUT2D eigenvalue weighted by molar-refractivity contribution is -0.121. The van der Waals surface area contributed by atoms with E-state index in [9.17, 15) is 9.59 Å². The minimum Gasteiger partial charge on any atom is -0.339 e. The Morgan fingerprint density at radius 1 is 1.13 bits per heavy atom. The van der Waals surface area contributed by atoms with Gasteiger partial charge in [-0.25, -0.2) is 4.98 Å². The summed E-state index contributed by atoms with van der Waals surface area (Å²) in [6.45, 7) is 3.07. The lowest BCUT2D eigenvalue weighted by Crippen LogP contribution is -2.41. The van der Waals surface area contributed by atoms with Crippen LogP contribution in [0, 0.1) is 12.8 Å². The van der Waals surface area contributed by atoms with E-state index in [4.69, 9.17) is 23.2 Å². The molecular formula is C23H21Cl2N3O2S. The first-order valence-corrected chi connectivity index (χ1v) is 11.6. The van der Waals surface area contributed by atoms with Crippen molar-refractivity contribution in [2.24, 2.45) is 5.92 Å². The number of amides is 2. The number of likely N-dealkylation sites (tertiary alicyclic amines) is 1. The summed E-state index contributed by atoms with van der Waals surface area (Å²) in [7, 11) is 0. The molecule has 1 aliphatic rings. The molecule has 1 aliphatic heterocycles. The standard InChI is InChI=1S/C23H21Cl2N3O2S/c1-14-4-2-3-5-17(14)22(30)28-10-8-15(9-11-28)21(29)27-23-26-20(13-31-23)18-7-6-16(24)12-19(18)25/h2-7,12-13,15H,8-11H2,1H3,(H,26,27,29). The summed E-state index contributed by atoms with van der Waals surface area (Å²) in [6, 6.07) is 12.8. The fourth-order valence-electron chi connectivity index (χ4n) is 3.69. The van der Waals surface area contributed by atoms with Crippen molar-refractivity contribution in [1.82, 2.24) is 9.88 Å². The molecule has 2 aromatic carbocycles. The molecule has 0 saturated carbocycles. The van der Waals surface area contributed by atoms with Gasteiger partial charge >= 0.3 is 0 Å². The third-order valence-corrected chi connectivity index (χ3v) is 6.78. The van der Waals surface area contributed by atoms with Crippen LogP contribution in [0.1, 0.15) is 28.8 Å². The first-order valence-electron chi connectivity index (χ1n) is 9.99. The quantitative estimate of drug-likeness (QED) is 0.511. The summed E-state index contributed by atoms with van der Waals surface area (Å²) >= 11 is 13.6. The number of carbonyl (C=O) groups excluding carboxylic acids is 2. The Morgan fingerprint density at radius 2 is 1.87 bits per heavy atom. The molecule has 0 bridgehead atoms. The molecular weight excluding hydrogens is 453 g/mol. The molecule has 0 radical (unpaired) electrons. The summed E-state index contributed by atoms with van der Waals surface area (Å²) in [6.07, 6.45) is 1.26. The maximum Gasteiger partial charge on any atom is 0.254 e. The molecule has 8 heteroatoms. The number of aryl methyl sites for hydroxylation is 1. The summed E-state index contributed by atoms with van der Waals surface area (Å²) < 4.78 is 0. The van der Waals surface area contributed by atoms with E-state index in [0.29, 0.717) is 46.8 Å². The maximum absolute atomic E-state index is 12.8. The Labute approximate surface area is 195 Å². The average Bonchev–Trinajstić information content (AvgIpc) is 3.21. The van der Waals surface area contributed by atoms with Gasteiger partial charge in [-0.15, -0.1) is 11.3 Å². The van der Waals surface area contributed by atoms with Gasteiger partial charge < -0.3 is 10.2 Å². The van der Waals surface area contributed by atoms with Crippen molar-refractivity contribution in [2.75, 3.05) is 18.4 Å². The van der Waals surface area contributed by atoms with Gasteiger partial charge in [0.2, 0.25) is 5.91 Å². The predicted molar refractivity (Wildman–Crippen MR) is 126 cm³/mol. The van der Waals surface area contributed by atoms with Gasteiger partial charge in [-0.3, -0.25) is 9.59 Å². The topological polar surface area (TPSA) is 62.3 Å². The van der Waals surface area contributed by atoms with Crippen LogP contribution in [0.3, 0.4) is 0 Å². The molecule has 0 unspecified atom stereocenters. The van der Waals surface area contributed by atoms with Gasteiger partial charge in [-0.1, -0.05) is 41.4 Å². The van der Waals surface area contributed by atoms with Crippen molar-refractivity contribution in [3.8, 4) is 11.3 Å². The van der Waals surface area contributed by atoms with E-state index in [1.54, 1.807) is 12.1 Å². The average molecular weight is 474 g/mol. The number of rotatable bonds is 4. The Morgan fingerprint density at radius 3 is 2.58 bits per heavy atom. The molecule has 0 atom stereocenters. The Hall–Kier alpha value is -2.41. The lowest BCUT2D eigenvalue weighted by atomic mass is 9.95. The molecule has 4 rings (SSSR count). The second-order valence-corrected chi connectivity index (χ2v) is 9.23. The summed E-state index contributed by atoms with van der Waals surface area (Å²) in [5.41, 5.74) is 3.15. The zero-order valence-electron chi connectivity index (χ0n) is 16.9. The molecule has 5 nitrogen and oxygen atoms in total. The van der Waals surface area contributed by atoms with Gasteiger partial charge in [-0.05, 0) is 49.6 Å². The highest BCUT2D eigenvalue weighted by molar-refractivity contribution is 7.14. The van der Waals surface area contributed by atoms with Gasteiger partial charge in [-0.2, -0.15) is 0 Å². The van der Waals surface area contributed by atoms with Gasteiger partial charge in [0.15, 0.2) is 5.13 Å². The molecule has 3 aromatic rings. The monoisotopic (exact) mass is 473 g/mol. The second-order valence-electron chi connectivity index (χ2n) is 7.53. The zero-order valence-corrected chi connectivity index (χ0v) is 19.2. The van der Waals surface area contributed by atoms with Gasteiger partial charge in [0.25, 0.3) is 5.91 Å². The highest BCUT2D eigenvalue weighted by atomic mass is 35.5. The normalized spacial score (nSPS) is 14.5. The molecule has 160 valence electrons. The number of benzene rings is 2. The van der Waals surface area contributed by atoms with Crippen LogP contribution in [0.4, 0.5) is 5.13 Å². The third kappa shape index (κ3) is 4.92. The van der Waals surface area contributed by atoms with Gasteiger partial charge in [0.05, 0.1) is 10.7 Å². The second kappa shape index (κ2) is 9.39. The molecule has 0 aliphatic carbocycles. The lowest BCUT2D eigenvalue weighted by Gasteiger charge is -2.31. The van der Waals surface area contributed by atoms with E-state index in [0.717, 1.165) is 16.7 Å². The molecule has 1 aromatic heterocycles. The molecule has 2 amide bonds. The number of nitrogens with one attached hydrogen (secondary N) is 1. The number of thiazole rings is 1. The molecule has 2 heterocycles. The van der Waals surface area contributed by atoms with E-state index < -0.39 is 0 Å². The minimum atomic E-state index is -0.146. The molecule has 1 fully saturated rings. The van der Waals surface area contributed by atoms with Crippen LogP contribution in [-0.2, 0) is 4.79 Å². The van der Waals surface area contributed by atoms with Crippen molar-refractivity contribution < 1.29 is 9.59 Å². The molecule has 1 N–H and O–H groups in total. The molecule has 0 spiro atoms. The smallest absolute Gasteiger partial charge is 0.254 e. The number of carbonyl (C=O) groups is 2. The summed E-state index contributed by atoms with van der Waals surface area (Å²) in [5, 5.41) is 6.38. The van der Waals surface area contributed by atoms with E-state index >= 15 is 0 Å². The number of halogens is 2. The van der Waals surface area contributed by atoms with Crippen LogP contribution in [0.15, 0.2) is 47.8 Å². The first kappa shape index (κ1) is 21.8. The van der Waals surface area contributed by atoms with Crippen LogP contribution in [0.2, 0.25) is 10.0 Å². The fourth-order valence-corrected chi connectivity index (χ4v) is 4.91. The van der Waals surface area contributed by atoms with Crippen LogP contribution in [-0.4, -0.2) is 34.8 Å². The van der Waals surface area contributed by atoms with Crippen LogP contribution >= 0.6 is 34.5 Å². The summed E-state index contributed by atoms with van der Waals surface area (Å²) in [5.74, 6) is -0.181. The van der Waals surface area contributed by atoms with Crippen LogP contribution in [0.5, 0.6) is 0 Å². The Balaban J connectivity index is 1.35. The first-order chi connectivity index (χ1) is 14.9. The predicted octanol–water partition coefficient (Wildman–Crippen LogP) is 5.92. The SMILES string of the molecule is Cc1ccccc1C(=O)N1CCC(C(=O)Nc2nc(-c3ccc(Cl)cc3Cl)cs2)CC1. The van der Waals surface area contributed by atoms with Crippen LogP contribution in [0.25, 0.3) is 11.3 Å². The highest BCUT2D eigenvalue weighted by Crippen LogP contribution is 2.32. The number of piperidine rings is 1. The van der Waals surface area contributed by atoms with Crippen molar-refractivity contribution in [3.05, 3.63) is 69.0 Å². The number of hydrogen-bond acceptors (Lipinski definition) is 4. The number of nitrogens with zero attached hydrogens (tertiary/aromatic N) is 2. The Bertz CT molecular complexity index is 1120. The summed E-state index contributed by atoms with van der Waals surface area (Å²) in [4.78, 5) is 31.8. The zero-order chi connectivity index (χ0) is 22.0. The number of hydrogen-bond donors (Lipinski definition) is 1. The molecule has 1 saturated heterocycles. The third-order valence-electron chi connectivity index (χ3n) is 5.47. The number of anilines is 1. The van der Waals surface area contributed by atoms with Crippen molar-refractivity contribution in [1.29, 1.82) is 0 Å². The van der Waals surface area contributed by atoms with E-state index in [-0.39, 0.29) is 17.7 Å². The van der Waals surface area contributed by atoms with E-state index in [1.165, 1.54) is 11.3 Å². The van der Waals surface area contributed by atoms with E-state index in [1.807, 2.05) is 47.5 Å². The van der Waals surface area contributed by atoms with Crippen molar-refractivity contribution in [3.63, 3.8) is 0 Å². The van der Waals surface area contributed by atoms with Crippen molar-refractivity contribution >= 4 is 51.5 Å². The molecule has 31 heavy (non-hydrogen) atoms. The highest BCUT2D eigenvalue weighted by Gasteiger charge is 2.28. The van der Waals surface area contributed by atoms with Crippen LogP contribution < -0.4 is 5.32 Å². The van der Waals surface area contributed by atoms with Gasteiger partial charge in [0, 0.05) is 40.5 Å². The maximum atomic E-state index is 12.8. The van der Waals surface area contributed by atoms with Crippen molar-refractivity contribution in [2.45, 2.75) is 19.8 Å². The largest absolute Gasteiger partial charge is 0.339 e.